The lowest BCUT2D eigenvalue weighted by atomic mass is 10.0. The molecular weight excluding hydrogens is 202 g/mol. The number of carbonyl (C=O) groups is 1. The monoisotopic (exact) mass is 221 g/mol. The van der Waals surface area contributed by atoms with E-state index in [0.29, 0.717) is 11.5 Å². The Balaban J connectivity index is 2.70. The van der Waals surface area contributed by atoms with Crippen LogP contribution in [0.5, 0.6) is 0 Å². The summed E-state index contributed by atoms with van der Waals surface area (Å²) in [4.78, 5) is 11.7. The molecule has 3 heteroatoms. The molecule has 88 valence electrons. The SMILES string of the molecule is CC(C)c1ccc(C(=O)N[C@@H](C)CO)cc1. The number of amides is 1. The highest BCUT2D eigenvalue weighted by Gasteiger charge is 2.09. The molecule has 0 radical (unpaired) electrons. The normalized spacial score (nSPS) is 12.6. The zero-order valence-electron chi connectivity index (χ0n) is 10.0. The predicted octanol–water partition coefficient (Wildman–Crippen LogP) is 1.92. The van der Waals surface area contributed by atoms with Crippen LogP contribution in [0.1, 0.15) is 42.6 Å². The van der Waals surface area contributed by atoms with Gasteiger partial charge in [-0.25, -0.2) is 0 Å². The first-order valence-electron chi connectivity index (χ1n) is 5.56. The van der Waals surface area contributed by atoms with Crippen LogP contribution in [0.2, 0.25) is 0 Å². The van der Waals surface area contributed by atoms with Gasteiger partial charge in [-0.1, -0.05) is 26.0 Å². The van der Waals surface area contributed by atoms with Crippen LogP contribution in [-0.2, 0) is 0 Å². The van der Waals surface area contributed by atoms with E-state index in [-0.39, 0.29) is 18.6 Å². The van der Waals surface area contributed by atoms with Gasteiger partial charge >= 0.3 is 0 Å². The van der Waals surface area contributed by atoms with Gasteiger partial charge in [-0.2, -0.15) is 0 Å². The van der Waals surface area contributed by atoms with Gasteiger partial charge in [-0.3, -0.25) is 4.79 Å². The van der Waals surface area contributed by atoms with Crippen LogP contribution in [0.3, 0.4) is 0 Å². The maximum Gasteiger partial charge on any atom is 0.251 e. The minimum atomic E-state index is -0.211. The summed E-state index contributed by atoms with van der Waals surface area (Å²) in [6.45, 7) is 5.95. The Morgan fingerprint density at radius 1 is 1.25 bits per heavy atom. The van der Waals surface area contributed by atoms with Gasteiger partial charge < -0.3 is 10.4 Å². The Kier molecular flexibility index (Phi) is 4.50. The molecule has 0 aliphatic heterocycles. The second-order valence-corrected chi connectivity index (χ2v) is 4.33. The van der Waals surface area contributed by atoms with E-state index in [1.807, 2.05) is 24.3 Å². The highest BCUT2D eigenvalue weighted by Crippen LogP contribution is 2.14. The van der Waals surface area contributed by atoms with Gasteiger partial charge in [-0.15, -0.1) is 0 Å². The summed E-state index contributed by atoms with van der Waals surface area (Å²) in [7, 11) is 0. The molecule has 0 aliphatic rings. The van der Waals surface area contributed by atoms with Crippen LogP contribution in [0.15, 0.2) is 24.3 Å². The zero-order chi connectivity index (χ0) is 12.1. The molecule has 0 fully saturated rings. The van der Waals surface area contributed by atoms with Crippen molar-refractivity contribution in [2.45, 2.75) is 32.7 Å². The summed E-state index contributed by atoms with van der Waals surface area (Å²) in [5.74, 6) is 0.324. The lowest BCUT2D eigenvalue weighted by molar-refractivity contribution is 0.0922. The topological polar surface area (TPSA) is 49.3 Å². The van der Waals surface area contributed by atoms with Crippen molar-refractivity contribution < 1.29 is 9.90 Å². The van der Waals surface area contributed by atoms with E-state index < -0.39 is 0 Å². The minimum Gasteiger partial charge on any atom is -0.394 e. The van der Waals surface area contributed by atoms with Crippen molar-refractivity contribution in [3.05, 3.63) is 35.4 Å². The molecule has 0 aliphatic carbocycles. The van der Waals surface area contributed by atoms with E-state index >= 15 is 0 Å². The molecule has 1 atom stereocenters. The summed E-state index contributed by atoms with van der Waals surface area (Å²) in [5.41, 5.74) is 1.84. The van der Waals surface area contributed by atoms with Crippen LogP contribution < -0.4 is 5.32 Å². The molecule has 1 aromatic carbocycles. The van der Waals surface area contributed by atoms with E-state index in [2.05, 4.69) is 19.2 Å². The Morgan fingerprint density at radius 2 is 1.81 bits per heavy atom. The van der Waals surface area contributed by atoms with Gasteiger partial charge in [-0.05, 0) is 30.5 Å². The van der Waals surface area contributed by atoms with Crippen molar-refractivity contribution in [1.82, 2.24) is 5.32 Å². The summed E-state index contributed by atoms with van der Waals surface area (Å²) < 4.78 is 0. The average molecular weight is 221 g/mol. The number of hydrogen-bond donors (Lipinski definition) is 2. The molecular formula is C13H19NO2. The van der Waals surface area contributed by atoms with Crippen LogP contribution in [0.25, 0.3) is 0 Å². The Bertz CT molecular complexity index is 343. The highest BCUT2D eigenvalue weighted by molar-refractivity contribution is 5.94. The smallest absolute Gasteiger partial charge is 0.251 e. The van der Waals surface area contributed by atoms with E-state index in [9.17, 15) is 4.79 Å². The van der Waals surface area contributed by atoms with Gasteiger partial charge in [0.2, 0.25) is 0 Å². The summed E-state index contributed by atoms with van der Waals surface area (Å²) >= 11 is 0. The van der Waals surface area contributed by atoms with Gasteiger partial charge in [0.25, 0.3) is 5.91 Å². The molecule has 0 saturated heterocycles. The Labute approximate surface area is 96.5 Å². The van der Waals surface area contributed by atoms with E-state index in [1.54, 1.807) is 6.92 Å². The third-order valence-corrected chi connectivity index (χ3v) is 2.49. The molecule has 0 spiro atoms. The Hall–Kier alpha value is -1.35. The standard InChI is InChI=1S/C13H19NO2/c1-9(2)11-4-6-12(7-5-11)13(16)14-10(3)8-15/h4-7,9-10,15H,8H2,1-3H3,(H,14,16)/t10-/m0/s1. The molecule has 1 aromatic rings. The van der Waals surface area contributed by atoms with Crippen molar-refractivity contribution in [1.29, 1.82) is 0 Å². The maximum atomic E-state index is 11.7. The lowest BCUT2D eigenvalue weighted by Crippen LogP contribution is -2.34. The van der Waals surface area contributed by atoms with Gasteiger partial charge in [0, 0.05) is 11.6 Å². The second kappa shape index (κ2) is 5.66. The van der Waals surface area contributed by atoms with Gasteiger partial charge in [0.15, 0.2) is 0 Å². The molecule has 3 nitrogen and oxygen atoms in total. The van der Waals surface area contributed by atoms with Crippen molar-refractivity contribution in [3.8, 4) is 0 Å². The molecule has 1 amide bonds. The van der Waals surface area contributed by atoms with Crippen molar-refractivity contribution in [3.63, 3.8) is 0 Å². The molecule has 16 heavy (non-hydrogen) atoms. The van der Waals surface area contributed by atoms with Crippen LogP contribution >= 0.6 is 0 Å². The first-order valence-corrected chi connectivity index (χ1v) is 5.56. The van der Waals surface area contributed by atoms with Crippen LogP contribution in [0.4, 0.5) is 0 Å². The molecule has 2 N–H and O–H groups in total. The molecule has 0 heterocycles. The van der Waals surface area contributed by atoms with Crippen molar-refractivity contribution in [2.75, 3.05) is 6.61 Å². The fourth-order valence-corrected chi connectivity index (χ4v) is 1.37. The number of nitrogens with one attached hydrogen (secondary N) is 1. The average Bonchev–Trinajstić information content (AvgIpc) is 2.28. The first-order chi connectivity index (χ1) is 7.54. The quantitative estimate of drug-likeness (QED) is 0.816. The molecule has 0 bridgehead atoms. The lowest BCUT2D eigenvalue weighted by Gasteiger charge is -2.11. The number of carbonyl (C=O) groups excluding carboxylic acids is 1. The predicted molar refractivity (Wildman–Crippen MR) is 64.5 cm³/mol. The number of benzene rings is 1. The van der Waals surface area contributed by atoms with E-state index in [1.165, 1.54) is 5.56 Å². The second-order valence-electron chi connectivity index (χ2n) is 4.33. The van der Waals surface area contributed by atoms with Crippen LogP contribution in [0, 0.1) is 0 Å². The molecule has 1 rings (SSSR count). The third-order valence-electron chi connectivity index (χ3n) is 2.49. The van der Waals surface area contributed by atoms with Crippen LogP contribution in [-0.4, -0.2) is 23.7 Å². The third kappa shape index (κ3) is 3.35. The molecule has 0 aromatic heterocycles. The van der Waals surface area contributed by atoms with Crippen molar-refractivity contribution in [2.24, 2.45) is 0 Å². The largest absolute Gasteiger partial charge is 0.394 e. The molecule has 0 saturated carbocycles. The number of aliphatic hydroxyl groups is 1. The van der Waals surface area contributed by atoms with Gasteiger partial charge in [0.05, 0.1) is 6.61 Å². The van der Waals surface area contributed by atoms with E-state index in [0.717, 1.165) is 0 Å². The zero-order valence-corrected chi connectivity index (χ0v) is 10.0. The number of aliphatic hydroxyl groups excluding tert-OH is 1. The van der Waals surface area contributed by atoms with E-state index in [4.69, 9.17) is 5.11 Å². The highest BCUT2D eigenvalue weighted by atomic mass is 16.3. The summed E-state index contributed by atoms with van der Waals surface area (Å²) in [6.07, 6.45) is 0. The summed E-state index contributed by atoms with van der Waals surface area (Å²) in [6, 6.07) is 7.34. The fraction of sp³-hybridized carbons (Fsp3) is 0.462. The maximum absolute atomic E-state index is 11.7. The Morgan fingerprint density at radius 3 is 2.25 bits per heavy atom. The molecule has 0 unspecified atom stereocenters. The van der Waals surface area contributed by atoms with Gasteiger partial charge in [0.1, 0.15) is 0 Å². The number of hydrogen-bond acceptors (Lipinski definition) is 2. The minimum absolute atomic E-state index is 0.0458. The van der Waals surface area contributed by atoms with Crippen molar-refractivity contribution >= 4 is 5.91 Å². The fourth-order valence-electron chi connectivity index (χ4n) is 1.37. The summed E-state index contributed by atoms with van der Waals surface area (Å²) in [5, 5.41) is 11.5. The number of rotatable bonds is 4. The first kappa shape index (κ1) is 12.7.